The molecule has 1 aromatic rings. The second kappa shape index (κ2) is 7.26. The zero-order valence-corrected chi connectivity index (χ0v) is 14.0. The first-order chi connectivity index (χ1) is 10.1. The fraction of sp³-hybridized carbons (Fsp3) is 0.722. The first kappa shape index (κ1) is 16.3. The lowest BCUT2D eigenvalue weighted by Crippen LogP contribution is -2.36. The highest BCUT2D eigenvalue weighted by Gasteiger charge is 2.26. The maximum atomic E-state index is 6.52. The van der Waals surface area contributed by atoms with E-state index in [1.54, 1.807) is 7.11 Å². The first-order valence-electron chi connectivity index (χ1n) is 8.31. The summed E-state index contributed by atoms with van der Waals surface area (Å²) < 4.78 is 5.50. The molecule has 1 saturated carbocycles. The van der Waals surface area contributed by atoms with Crippen LogP contribution < -0.4 is 10.5 Å². The predicted molar refractivity (Wildman–Crippen MR) is 87.7 cm³/mol. The van der Waals surface area contributed by atoms with Gasteiger partial charge in [-0.2, -0.15) is 0 Å². The van der Waals surface area contributed by atoms with Gasteiger partial charge in [0.2, 0.25) is 0 Å². The van der Waals surface area contributed by atoms with Gasteiger partial charge in [0.25, 0.3) is 0 Å². The monoisotopic (exact) mass is 290 g/mol. The number of aromatic nitrogens is 1. The van der Waals surface area contributed by atoms with Crippen LogP contribution in [0.3, 0.4) is 0 Å². The van der Waals surface area contributed by atoms with Gasteiger partial charge in [0.15, 0.2) is 0 Å². The molecule has 0 spiro atoms. The van der Waals surface area contributed by atoms with Gasteiger partial charge in [-0.3, -0.25) is 4.98 Å². The Balaban J connectivity index is 2.07. The Kier molecular flexibility index (Phi) is 5.63. The van der Waals surface area contributed by atoms with Crippen LogP contribution in [0.25, 0.3) is 0 Å². The van der Waals surface area contributed by atoms with Crippen molar-refractivity contribution in [2.45, 2.75) is 65.3 Å². The van der Waals surface area contributed by atoms with Gasteiger partial charge in [-0.05, 0) is 38.5 Å². The number of rotatable bonds is 5. The average molecular weight is 290 g/mol. The molecule has 2 rings (SSSR count). The van der Waals surface area contributed by atoms with Crippen molar-refractivity contribution in [3.8, 4) is 5.75 Å². The number of hydrogen-bond donors (Lipinski definition) is 1. The lowest BCUT2D eigenvalue weighted by atomic mass is 9.76. The van der Waals surface area contributed by atoms with Crippen LogP contribution >= 0.6 is 0 Å². The van der Waals surface area contributed by atoms with Crippen molar-refractivity contribution < 1.29 is 4.74 Å². The molecule has 2 N–H and O–H groups in total. The van der Waals surface area contributed by atoms with Gasteiger partial charge < -0.3 is 10.5 Å². The normalized spacial score (nSPS) is 23.9. The summed E-state index contributed by atoms with van der Waals surface area (Å²) in [6.45, 7) is 6.43. The van der Waals surface area contributed by atoms with E-state index in [4.69, 9.17) is 10.5 Å². The Hall–Kier alpha value is -1.09. The molecule has 1 aliphatic rings. The van der Waals surface area contributed by atoms with Crippen LogP contribution in [-0.2, 0) is 6.42 Å². The first-order valence-corrected chi connectivity index (χ1v) is 8.31. The lowest BCUT2D eigenvalue weighted by molar-refractivity contribution is 0.227. The van der Waals surface area contributed by atoms with Crippen molar-refractivity contribution in [1.82, 2.24) is 4.98 Å². The SMILES string of the molecule is CCC1CCCC(C(N)Cc2ncc(C)c(OC)c2C)C1. The third-order valence-electron chi connectivity index (χ3n) is 5.19. The molecule has 3 heteroatoms. The van der Waals surface area contributed by atoms with E-state index in [2.05, 4.69) is 18.8 Å². The van der Waals surface area contributed by atoms with Crippen molar-refractivity contribution in [3.05, 3.63) is 23.0 Å². The van der Waals surface area contributed by atoms with E-state index in [1.807, 2.05) is 13.1 Å². The minimum absolute atomic E-state index is 0.220. The molecule has 3 nitrogen and oxygen atoms in total. The van der Waals surface area contributed by atoms with Crippen LogP contribution in [-0.4, -0.2) is 18.1 Å². The Bertz CT molecular complexity index is 473. The fourth-order valence-corrected chi connectivity index (χ4v) is 3.76. The molecule has 0 bridgehead atoms. The molecule has 21 heavy (non-hydrogen) atoms. The minimum atomic E-state index is 0.220. The van der Waals surface area contributed by atoms with E-state index in [0.717, 1.165) is 34.9 Å². The molecule has 0 saturated heterocycles. The van der Waals surface area contributed by atoms with Crippen LogP contribution in [0.15, 0.2) is 6.20 Å². The zero-order valence-electron chi connectivity index (χ0n) is 14.0. The fourth-order valence-electron chi connectivity index (χ4n) is 3.76. The van der Waals surface area contributed by atoms with Gasteiger partial charge in [-0.25, -0.2) is 0 Å². The molecule has 1 aliphatic carbocycles. The molecule has 3 atom stereocenters. The van der Waals surface area contributed by atoms with Crippen LogP contribution in [0, 0.1) is 25.7 Å². The molecule has 118 valence electrons. The highest BCUT2D eigenvalue weighted by molar-refractivity contribution is 5.41. The summed E-state index contributed by atoms with van der Waals surface area (Å²) in [6, 6.07) is 0.220. The molecular weight excluding hydrogens is 260 g/mol. The number of methoxy groups -OCH3 is 1. The van der Waals surface area contributed by atoms with Crippen LogP contribution in [0.2, 0.25) is 0 Å². The van der Waals surface area contributed by atoms with E-state index >= 15 is 0 Å². The van der Waals surface area contributed by atoms with Crippen molar-refractivity contribution in [3.63, 3.8) is 0 Å². The summed E-state index contributed by atoms with van der Waals surface area (Å²) in [5, 5.41) is 0. The summed E-state index contributed by atoms with van der Waals surface area (Å²) in [5.74, 6) is 2.48. The molecule has 0 aromatic carbocycles. The van der Waals surface area contributed by atoms with E-state index in [-0.39, 0.29) is 6.04 Å². The number of nitrogens with two attached hydrogens (primary N) is 1. The summed E-state index contributed by atoms with van der Waals surface area (Å²) in [5.41, 5.74) is 9.86. The molecule has 1 aromatic heterocycles. The van der Waals surface area contributed by atoms with Crippen LogP contribution in [0.5, 0.6) is 5.75 Å². The average Bonchev–Trinajstić information content (AvgIpc) is 2.50. The van der Waals surface area contributed by atoms with Gasteiger partial charge in [0.1, 0.15) is 5.75 Å². The predicted octanol–water partition coefficient (Wildman–Crippen LogP) is 3.79. The highest BCUT2D eigenvalue weighted by atomic mass is 16.5. The number of ether oxygens (including phenoxy) is 1. The second-order valence-electron chi connectivity index (χ2n) is 6.62. The Morgan fingerprint density at radius 1 is 1.38 bits per heavy atom. The summed E-state index contributed by atoms with van der Waals surface area (Å²) in [7, 11) is 1.73. The second-order valence-corrected chi connectivity index (χ2v) is 6.62. The third kappa shape index (κ3) is 3.76. The minimum Gasteiger partial charge on any atom is -0.496 e. The Morgan fingerprint density at radius 3 is 2.81 bits per heavy atom. The van der Waals surface area contributed by atoms with Gasteiger partial charge >= 0.3 is 0 Å². The van der Waals surface area contributed by atoms with E-state index in [1.165, 1.54) is 32.1 Å². The molecule has 3 unspecified atom stereocenters. The van der Waals surface area contributed by atoms with E-state index in [0.29, 0.717) is 5.92 Å². The van der Waals surface area contributed by atoms with Crippen LogP contribution in [0.1, 0.15) is 55.8 Å². The van der Waals surface area contributed by atoms with E-state index < -0.39 is 0 Å². The number of pyridine rings is 1. The molecular formula is C18H30N2O. The van der Waals surface area contributed by atoms with Crippen LogP contribution in [0.4, 0.5) is 0 Å². The molecule has 0 radical (unpaired) electrons. The van der Waals surface area contributed by atoms with Crippen molar-refractivity contribution in [2.24, 2.45) is 17.6 Å². The number of hydrogen-bond acceptors (Lipinski definition) is 3. The zero-order chi connectivity index (χ0) is 15.4. The van der Waals surface area contributed by atoms with Crippen molar-refractivity contribution in [1.29, 1.82) is 0 Å². The molecule has 1 fully saturated rings. The largest absolute Gasteiger partial charge is 0.496 e. The highest BCUT2D eigenvalue weighted by Crippen LogP contribution is 2.34. The third-order valence-corrected chi connectivity index (χ3v) is 5.19. The molecule has 1 heterocycles. The Labute approximate surface area is 129 Å². The van der Waals surface area contributed by atoms with Crippen molar-refractivity contribution >= 4 is 0 Å². The number of aryl methyl sites for hydroxylation is 1. The van der Waals surface area contributed by atoms with Gasteiger partial charge in [0.05, 0.1) is 7.11 Å². The maximum Gasteiger partial charge on any atom is 0.128 e. The summed E-state index contributed by atoms with van der Waals surface area (Å²) in [6.07, 6.45) is 9.35. The molecule has 0 aliphatic heterocycles. The van der Waals surface area contributed by atoms with Gasteiger partial charge in [0, 0.05) is 35.5 Å². The summed E-state index contributed by atoms with van der Waals surface area (Å²) in [4.78, 5) is 4.60. The van der Waals surface area contributed by atoms with E-state index in [9.17, 15) is 0 Å². The maximum absolute atomic E-state index is 6.52. The number of nitrogens with zero attached hydrogens (tertiary/aromatic N) is 1. The van der Waals surface area contributed by atoms with Gasteiger partial charge in [-0.1, -0.05) is 26.2 Å². The lowest BCUT2D eigenvalue weighted by Gasteiger charge is -2.32. The van der Waals surface area contributed by atoms with Crippen molar-refractivity contribution in [2.75, 3.05) is 7.11 Å². The smallest absolute Gasteiger partial charge is 0.128 e. The standard InChI is InChI=1S/C18H30N2O/c1-5-14-7-6-8-15(9-14)16(19)10-17-13(3)18(21-4)12(2)11-20-17/h11,14-16H,5-10,19H2,1-4H3. The molecule has 0 amide bonds. The van der Waals surface area contributed by atoms with Gasteiger partial charge in [-0.15, -0.1) is 0 Å². The quantitative estimate of drug-likeness (QED) is 0.897. The Morgan fingerprint density at radius 2 is 2.14 bits per heavy atom. The summed E-state index contributed by atoms with van der Waals surface area (Å²) >= 11 is 0. The topological polar surface area (TPSA) is 48.1 Å².